The van der Waals surface area contributed by atoms with Crippen molar-refractivity contribution in [2.75, 3.05) is 13.7 Å². The Labute approximate surface area is 154 Å². The summed E-state index contributed by atoms with van der Waals surface area (Å²) in [6.45, 7) is 5.51. The third kappa shape index (κ3) is 5.34. The van der Waals surface area contributed by atoms with Crippen molar-refractivity contribution < 1.29 is 19.1 Å². The van der Waals surface area contributed by atoms with Crippen molar-refractivity contribution in [1.82, 2.24) is 4.90 Å². The van der Waals surface area contributed by atoms with Crippen LogP contribution in [0.25, 0.3) is 0 Å². The molecule has 1 unspecified atom stereocenters. The average molecular weight is 355 g/mol. The van der Waals surface area contributed by atoms with Gasteiger partial charge in [-0.25, -0.2) is 4.79 Å². The van der Waals surface area contributed by atoms with Crippen LogP contribution in [0.15, 0.2) is 54.6 Å². The van der Waals surface area contributed by atoms with Crippen LogP contribution in [-0.4, -0.2) is 36.5 Å². The van der Waals surface area contributed by atoms with Crippen molar-refractivity contribution in [3.63, 3.8) is 0 Å². The van der Waals surface area contributed by atoms with Gasteiger partial charge in [0.1, 0.15) is 5.75 Å². The van der Waals surface area contributed by atoms with Crippen LogP contribution in [0.1, 0.15) is 42.7 Å². The first kappa shape index (κ1) is 19.5. The Morgan fingerprint density at radius 1 is 0.962 bits per heavy atom. The Morgan fingerprint density at radius 2 is 1.58 bits per heavy atom. The largest absolute Gasteiger partial charge is 0.484 e. The van der Waals surface area contributed by atoms with Gasteiger partial charge < -0.3 is 14.4 Å². The number of hydrogen-bond donors (Lipinski definition) is 0. The summed E-state index contributed by atoms with van der Waals surface area (Å²) in [5.41, 5.74) is 1.52. The maximum Gasteiger partial charge on any atom is 0.338 e. The predicted octanol–water partition coefficient (Wildman–Crippen LogP) is 3.85. The van der Waals surface area contributed by atoms with E-state index >= 15 is 0 Å². The summed E-state index contributed by atoms with van der Waals surface area (Å²) >= 11 is 0. The molecule has 26 heavy (non-hydrogen) atoms. The van der Waals surface area contributed by atoms with E-state index in [0.717, 1.165) is 5.56 Å². The summed E-state index contributed by atoms with van der Waals surface area (Å²) in [4.78, 5) is 25.8. The second-order valence-electron chi connectivity index (χ2n) is 6.36. The van der Waals surface area contributed by atoms with Gasteiger partial charge in [-0.1, -0.05) is 30.3 Å². The van der Waals surface area contributed by atoms with Gasteiger partial charge in [-0.05, 0) is 50.6 Å². The van der Waals surface area contributed by atoms with Crippen molar-refractivity contribution in [1.29, 1.82) is 0 Å². The lowest BCUT2D eigenvalue weighted by Crippen LogP contribution is -2.33. The lowest BCUT2D eigenvalue weighted by molar-refractivity contribution is -0.134. The Morgan fingerprint density at radius 3 is 2.15 bits per heavy atom. The third-order valence-electron chi connectivity index (χ3n) is 4.05. The van der Waals surface area contributed by atoms with Crippen LogP contribution in [0.2, 0.25) is 0 Å². The van der Waals surface area contributed by atoms with Crippen molar-refractivity contribution in [3.8, 4) is 5.75 Å². The van der Waals surface area contributed by atoms with Gasteiger partial charge in [0.05, 0.1) is 17.7 Å². The zero-order chi connectivity index (χ0) is 19.1. The fourth-order valence-electron chi connectivity index (χ4n) is 2.39. The van der Waals surface area contributed by atoms with Gasteiger partial charge in [-0.15, -0.1) is 0 Å². The van der Waals surface area contributed by atoms with E-state index in [1.165, 1.54) is 0 Å². The van der Waals surface area contributed by atoms with E-state index in [1.54, 1.807) is 50.1 Å². The molecule has 5 nitrogen and oxygen atoms in total. The second kappa shape index (κ2) is 9.04. The second-order valence-corrected chi connectivity index (χ2v) is 6.36. The standard InChI is InChI=1S/C21H25NO4/c1-15(2)26-21(24)18-10-12-19(13-11-18)25-14-20(23)22(4)16(3)17-8-6-5-7-9-17/h5-13,15-16H,14H2,1-4H3. The molecule has 0 aliphatic heterocycles. The monoisotopic (exact) mass is 355 g/mol. The van der Waals surface area contributed by atoms with E-state index in [2.05, 4.69) is 0 Å². The van der Waals surface area contributed by atoms with Crippen LogP contribution >= 0.6 is 0 Å². The lowest BCUT2D eigenvalue weighted by atomic mass is 10.1. The van der Waals surface area contributed by atoms with Crippen LogP contribution in [-0.2, 0) is 9.53 Å². The molecule has 0 aromatic heterocycles. The minimum Gasteiger partial charge on any atom is -0.484 e. The molecule has 1 amide bonds. The fraction of sp³-hybridized carbons (Fsp3) is 0.333. The Bertz CT molecular complexity index is 725. The molecule has 2 aromatic carbocycles. The molecule has 2 rings (SSSR count). The highest BCUT2D eigenvalue weighted by Crippen LogP contribution is 2.19. The van der Waals surface area contributed by atoms with Crippen LogP contribution in [0.5, 0.6) is 5.75 Å². The molecule has 2 aromatic rings. The Balaban J connectivity index is 1.89. The molecule has 1 atom stereocenters. The summed E-state index contributed by atoms with van der Waals surface area (Å²) in [5, 5.41) is 0. The molecule has 5 heteroatoms. The van der Waals surface area contributed by atoms with Gasteiger partial charge in [-0.2, -0.15) is 0 Å². The average Bonchev–Trinajstić information content (AvgIpc) is 2.65. The summed E-state index contributed by atoms with van der Waals surface area (Å²) in [6.07, 6.45) is -0.168. The zero-order valence-electron chi connectivity index (χ0n) is 15.6. The number of esters is 1. The first-order chi connectivity index (χ1) is 12.4. The van der Waals surface area contributed by atoms with Crippen LogP contribution in [0, 0.1) is 0 Å². The topological polar surface area (TPSA) is 55.8 Å². The first-order valence-electron chi connectivity index (χ1n) is 8.63. The molecular weight excluding hydrogens is 330 g/mol. The van der Waals surface area contributed by atoms with Crippen LogP contribution in [0.3, 0.4) is 0 Å². The van der Waals surface area contributed by atoms with E-state index in [4.69, 9.17) is 9.47 Å². The van der Waals surface area contributed by atoms with Crippen molar-refractivity contribution in [2.24, 2.45) is 0 Å². The molecule has 0 bridgehead atoms. The van der Waals surface area contributed by atoms with Gasteiger partial charge in [0.25, 0.3) is 5.91 Å². The SMILES string of the molecule is CC(C)OC(=O)c1ccc(OCC(=O)N(C)C(C)c2ccccc2)cc1. The molecule has 0 aliphatic rings. The highest BCUT2D eigenvalue weighted by Gasteiger charge is 2.17. The van der Waals surface area contributed by atoms with E-state index in [0.29, 0.717) is 11.3 Å². The maximum absolute atomic E-state index is 12.4. The quantitative estimate of drug-likeness (QED) is 0.708. The van der Waals surface area contributed by atoms with E-state index in [9.17, 15) is 9.59 Å². The number of hydrogen-bond acceptors (Lipinski definition) is 4. The number of likely N-dealkylation sites (N-methyl/N-ethyl adjacent to an activating group) is 1. The summed E-state index contributed by atoms with van der Waals surface area (Å²) in [5.74, 6) is 0.0314. The smallest absolute Gasteiger partial charge is 0.338 e. The zero-order valence-corrected chi connectivity index (χ0v) is 15.6. The van der Waals surface area contributed by atoms with E-state index in [-0.39, 0.29) is 30.6 Å². The van der Waals surface area contributed by atoms with Crippen LogP contribution < -0.4 is 4.74 Å². The molecule has 0 saturated carbocycles. The number of rotatable bonds is 7. The molecule has 0 heterocycles. The lowest BCUT2D eigenvalue weighted by Gasteiger charge is -2.25. The molecule has 0 spiro atoms. The van der Waals surface area contributed by atoms with E-state index in [1.807, 2.05) is 37.3 Å². The Kier molecular flexibility index (Phi) is 6.78. The molecule has 138 valence electrons. The molecule has 0 radical (unpaired) electrons. The first-order valence-corrected chi connectivity index (χ1v) is 8.63. The molecule has 0 fully saturated rings. The molecule has 0 N–H and O–H groups in total. The number of amides is 1. The predicted molar refractivity (Wildman–Crippen MR) is 100 cm³/mol. The highest BCUT2D eigenvalue weighted by atomic mass is 16.5. The number of ether oxygens (including phenoxy) is 2. The highest BCUT2D eigenvalue weighted by molar-refractivity contribution is 5.89. The van der Waals surface area contributed by atoms with Crippen molar-refractivity contribution >= 4 is 11.9 Å². The van der Waals surface area contributed by atoms with Gasteiger partial charge in [-0.3, -0.25) is 4.79 Å². The number of benzene rings is 2. The Hall–Kier alpha value is -2.82. The van der Waals surface area contributed by atoms with Gasteiger partial charge in [0.2, 0.25) is 0 Å². The van der Waals surface area contributed by atoms with Crippen LogP contribution in [0.4, 0.5) is 0 Å². The number of carbonyl (C=O) groups excluding carboxylic acids is 2. The van der Waals surface area contributed by atoms with E-state index < -0.39 is 0 Å². The van der Waals surface area contributed by atoms with Gasteiger partial charge in [0.15, 0.2) is 6.61 Å². The number of carbonyl (C=O) groups is 2. The summed E-state index contributed by atoms with van der Waals surface area (Å²) < 4.78 is 10.7. The molecular formula is C21H25NO4. The summed E-state index contributed by atoms with van der Waals surface area (Å²) in [6, 6.07) is 16.4. The minimum atomic E-state index is -0.376. The van der Waals surface area contributed by atoms with Crippen molar-refractivity contribution in [2.45, 2.75) is 32.9 Å². The fourth-order valence-corrected chi connectivity index (χ4v) is 2.39. The summed E-state index contributed by atoms with van der Waals surface area (Å²) in [7, 11) is 1.76. The van der Waals surface area contributed by atoms with Crippen molar-refractivity contribution in [3.05, 3.63) is 65.7 Å². The molecule has 0 saturated heterocycles. The number of nitrogens with zero attached hydrogens (tertiary/aromatic N) is 1. The van der Waals surface area contributed by atoms with Gasteiger partial charge in [0, 0.05) is 7.05 Å². The van der Waals surface area contributed by atoms with Gasteiger partial charge >= 0.3 is 5.97 Å². The third-order valence-corrected chi connectivity index (χ3v) is 4.05. The minimum absolute atomic E-state index is 0.0412. The normalized spacial score (nSPS) is 11.7. The maximum atomic E-state index is 12.4. The molecule has 0 aliphatic carbocycles.